The first-order chi connectivity index (χ1) is 15.9. The minimum Gasteiger partial charge on any atom is -0.317 e. The molecule has 168 valence electrons. The Labute approximate surface area is 197 Å². The summed E-state index contributed by atoms with van der Waals surface area (Å²) in [5.41, 5.74) is 2.78. The molecule has 0 radical (unpaired) electrons. The summed E-state index contributed by atoms with van der Waals surface area (Å²) in [6, 6.07) is 21.2. The van der Waals surface area contributed by atoms with Gasteiger partial charge in [-0.2, -0.15) is 0 Å². The van der Waals surface area contributed by atoms with Crippen LogP contribution in [0.5, 0.6) is 0 Å². The van der Waals surface area contributed by atoms with Gasteiger partial charge in [-0.05, 0) is 61.4 Å². The molecule has 1 N–H and O–H groups in total. The quantitative estimate of drug-likeness (QED) is 0.399. The molecule has 1 heterocycles. The van der Waals surface area contributed by atoms with E-state index in [-0.39, 0.29) is 11.6 Å². The van der Waals surface area contributed by atoms with Crippen LogP contribution >= 0.6 is 11.6 Å². The van der Waals surface area contributed by atoms with Crippen LogP contribution < -0.4 is 10.9 Å². The number of halogens is 1. The van der Waals surface area contributed by atoms with E-state index in [0.29, 0.717) is 33.9 Å². The third kappa shape index (κ3) is 4.61. The zero-order valence-corrected chi connectivity index (χ0v) is 19.5. The fourth-order valence-electron chi connectivity index (χ4n) is 3.94. The number of urea groups is 1. The topological polar surface area (TPSA) is 67.2 Å². The second-order valence-electron chi connectivity index (χ2n) is 7.94. The molecule has 1 unspecified atom stereocenters. The molecular weight excluding hydrogens is 436 g/mol. The highest BCUT2D eigenvalue weighted by molar-refractivity contribution is 6.30. The smallest absolute Gasteiger partial charge is 0.317 e. The van der Waals surface area contributed by atoms with E-state index in [4.69, 9.17) is 16.6 Å². The highest BCUT2D eigenvalue weighted by Gasteiger charge is 2.26. The predicted molar refractivity (Wildman–Crippen MR) is 133 cm³/mol. The first-order valence-electron chi connectivity index (χ1n) is 10.8. The maximum Gasteiger partial charge on any atom is 0.322 e. The molecule has 7 heteroatoms. The van der Waals surface area contributed by atoms with Gasteiger partial charge in [-0.1, -0.05) is 48.9 Å². The molecule has 0 spiro atoms. The SMILES string of the molecule is CCC(c1nc2ccccc2c(=O)n1-c1cccc(C)c1)N(C)C(=O)Nc1cccc(Cl)c1. The average Bonchev–Trinajstić information content (AvgIpc) is 2.79. The maximum absolute atomic E-state index is 13.6. The number of benzene rings is 3. The van der Waals surface area contributed by atoms with E-state index in [9.17, 15) is 9.59 Å². The Kier molecular flexibility index (Phi) is 6.47. The van der Waals surface area contributed by atoms with E-state index < -0.39 is 6.04 Å². The van der Waals surface area contributed by atoms with Gasteiger partial charge in [0.15, 0.2) is 0 Å². The Hall–Kier alpha value is -3.64. The van der Waals surface area contributed by atoms with Crippen LogP contribution in [0.2, 0.25) is 5.02 Å². The Morgan fingerprint density at radius 3 is 2.58 bits per heavy atom. The zero-order chi connectivity index (χ0) is 23.5. The fraction of sp³-hybridized carbons (Fsp3) is 0.192. The van der Waals surface area contributed by atoms with Gasteiger partial charge in [0.05, 0.1) is 22.6 Å². The number of carbonyl (C=O) groups excluding carboxylic acids is 1. The van der Waals surface area contributed by atoms with Crippen LogP contribution in [-0.2, 0) is 0 Å². The number of hydrogen-bond acceptors (Lipinski definition) is 3. The second kappa shape index (κ2) is 9.46. The molecule has 0 fully saturated rings. The van der Waals surface area contributed by atoms with E-state index in [1.165, 1.54) is 0 Å². The normalized spacial score (nSPS) is 11.9. The van der Waals surface area contributed by atoms with Crippen LogP contribution in [0.3, 0.4) is 0 Å². The van der Waals surface area contributed by atoms with E-state index in [1.54, 1.807) is 46.8 Å². The largest absolute Gasteiger partial charge is 0.322 e. The molecule has 3 aromatic carbocycles. The lowest BCUT2D eigenvalue weighted by molar-refractivity contribution is 0.199. The molecule has 2 amide bonds. The van der Waals surface area contributed by atoms with Gasteiger partial charge in [0, 0.05) is 17.8 Å². The Morgan fingerprint density at radius 2 is 1.85 bits per heavy atom. The molecule has 6 nitrogen and oxygen atoms in total. The van der Waals surface area contributed by atoms with Crippen LogP contribution in [0.15, 0.2) is 77.6 Å². The standard InChI is InChI=1S/C26H25ClN4O2/c1-4-23(30(3)26(33)28-19-11-8-10-18(27)16-19)24-29-22-14-6-5-13-21(22)25(32)31(24)20-12-7-9-17(2)15-20/h5-16,23H,4H2,1-3H3,(H,28,33). The summed E-state index contributed by atoms with van der Waals surface area (Å²) in [5.74, 6) is 0.510. The van der Waals surface area contributed by atoms with Crippen LogP contribution in [0.4, 0.5) is 10.5 Å². The number of para-hydroxylation sites is 1. The molecular formula is C26H25ClN4O2. The molecule has 0 aliphatic rings. The lowest BCUT2D eigenvalue weighted by atomic mass is 10.1. The lowest BCUT2D eigenvalue weighted by Crippen LogP contribution is -2.38. The van der Waals surface area contributed by atoms with Gasteiger partial charge < -0.3 is 10.2 Å². The summed E-state index contributed by atoms with van der Waals surface area (Å²) in [4.78, 5) is 33.1. The molecule has 0 aliphatic heterocycles. The van der Waals surface area contributed by atoms with Gasteiger partial charge in [-0.15, -0.1) is 0 Å². The van der Waals surface area contributed by atoms with Gasteiger partial charge in [-0.25, -0.2) is 9.78 Å². The monoisotopic (exact) mass is 460 g/mol. The van der Waals surface area contributed by atoms with Crippen LogP contribution in [0.1, 0.15) is 30.8 Å². The molecule has 0 bridgehead atoms. The Morgan fingerprint density at radius 1 is 1.09 bits per heavy atom. The molecule has 0 saturated heterocycles. The summed E-state index contributed by atoms with van der Waals surface area (Å²) in [5, 5.41) is 3.94. The van der Waals surface area contributed by atoms with Gasteiger partial charge >= 0.3 is 6.03 Å². The van der Waals surface area contributed by atoms with Crippen molar-refractivity contribution in [1.82, 2.24) is 14.5 Å². The number of nitrogens with zero attached hydrogens (tertiary/aromatic N) is 3. The van der Waals surface area contributed by atoms with Crippen molar-refractivity contribution in [2.75, 3.05) is 12.4 Å². The van der Waals surface area contributed by atoms with Crippen LogP contribution in [0, 0.1) is 6.92 Å². The summed E-state index contributed by atoms with van der Waals surface area (Å²) >= 11 is 6.05. The van der Waals surface area contributed by atoms with Crippen LogP contribution in [0.25, 0.3) is 16.6 Å². The average molecular weight is 461 g/mol. The molecule has 33 heavy (non-hydrogen) atoms. The van der Waals surface area contributed by atoms with Crippen molar-refractivity contribution in [3.63, 3.8) is 0 Å². The minimum atomic E-state index is -0.443. The summed E-state index contributed by atoms with van der Waals surface area (Å²) in [6.07, 6.45) is 0.566. The van der Waals surface area contributed by atoms with Gasteiger partial charge in [-0.3, -0.25) is 9.36 Å². The Bertz CT molecular complexity index is 1380. The van der Waals surface area contributed by atoms with Crippen molar-refractivity contribution in [1.29, 1.82) is 0 Å². The second-order valence-corrected chi connectivity index (χ2v) is 8.38. The molecule has 4 rings (SSSR count). The first-order valence-corrected chi connectivity index (χ1v) is 11.1. The summed E-state index contributed by atoms with van der Waals surface area (Å²) in [7, 11) is 1.70. The first kappa shape index (κ1) is 22.6. The van der Waals surface area contributed by atoms with Crippen molar-refractivity contribution in [3.8, 4) is 5.69 Å². The number of rotatable bonds is 5. The van der Waals surface area contributed by atoms with Gasteiger partial charge in [0.25, 0.3) is 5.56 Å². The number of amides is 2. The van der Waals surface area contributed by atoms with Crippen molar-refractivity contribution in [2.24, 2.45) is 0 Å². The third-order valence-corrected chi connectivity index (χ3v) is 5.85. The number of anilines is 1. The minimum absolute atomic E-state index is 0.164. The van der Waals surface area contributed by atoms with Crippen molar-refractivity contribution in [3.05, 3.63) is 99.6 Å². The number of aryl methyl sites for hydroxylation is 1. The van der Waals surface area contributed by atoms with Crippen molar-refractivity contribution < 1.29 is 4.79 Å². The molecule has 0 saturated carbocycles. The van der Waals surface area contributed by atoms with Crippen molar-refractivity contribution >= 4 is 34.2 Å². The zero-order valence-electron chi connectivity index (χ0n) is 18.7. The van der Waals surface area contributed by atoms with E-state index >= 15 is 0 Å². The Balaban J connectivity index is 1.83. The van der Waals surface area contributed by atoms with E-state index in [2.05, 4.69) is 5.32 Å². The summed E-state index contributed by atoms with van der Waals surface area (Å²) in [6.45, 7) is 3.94. The number of fused-ring (bicyclic) bond motifs is 1. The number of carbonyl (C=O) groups is 1. The van der Waals surface area contributed by atoms with E-state index in [1.807, 2.05) is 56.3 Å². The van der Waals surface area contributed by atoms with Gasteiger partial charge in [0.1, 0.15) is 5.82 Å². The van der Waals surface area contributed by atoms with Crippen LogP contribution in [-0.4, -0.2) is 27.5 Å². The molecule has 1 aromatic heterocycles. The maximum atomic E-state index is 13.6. The van der Waals surface area contributed by atoms with Gasteiger partial charge in [0.2, 0.25) is 0 Å². The number of hydrogen-bond donors (Lipinski definition) is 1. The van der Waals surface area contributed by atoms with E-state index in [0.717, 1.165) is 11.3 Å². The number of nitrogens with one attached hydrogen (secondary N) is 1. The third-order valence-electron chi connectivity index (χ3n) is 5.61. The number of aromatic nitrogens is 2. The predicted octanol–water partition coefficient (Wildman–Crippen LogP) is 5.96. The summed E-state index contributed by atoms with van der Waals surface area (Å²) < 4.78 is 1.62. The highest BCUT2D eigenvalue weighted by atomic mass is 35.5. The lowest BCUT2D eigenvalue weighted by Gasteiger charge is -2.29. The molecule has 4 aromatic rings. The van der Waals surface area contributed by atoms with Crippen molar-refractivity contribution in [2.45, 2.75) is 26.3 Å². The highest BCUT2D eigenvalue weighted by Crippen LogP contribution is 2.26. The fourth-order valence-corrected chi connectivity index (χ4v) is 4.13. The molecule has 1 atom stereocenters. The molecule has 0 aliphatic carbocycles.